The minimum atomic E-state index is 0.836. The van der Waals surface area contributed by atoms with Crippen LogP contribution in [0.1, 0.15) is 32.1 Å². The predicted octanol–water partition coefficient (Wildman–Crippen LogP) is 2.20. The lowest BCUT2D eigenvalue weighted by molar-refractivity contribution is 0.152. The van der Waals surface area contributed by atoms with Crippen LogP contribution >= 0.6 is 11.8 Å². The van der Waals surface area contributed by atoms with Gasteiger partial charge in [0.15, 0.2) is 0 Å². The van der Waals surface area contributed by atoms with Crippen molar-refractivity contribution in [3.8, 4) is 0 Å². The van der Waals surface area contributed by atoms with Crippen molar-refractivity contribution in [2.24, 2.45) is 5.92 Å². The molecule has 2 saturated heterocycles. The molecule has 2 heterocycles. The highest BCUT2D eigenvalue weighted by Crippen LogP contribution is 2.24. The molecule has 0 spiro atoms. The summed E-state index contributed by atoms with van der Waals surface area (Å²) >= 11 is 1.98. The maximum atomic E-state index is 3.68. The van der Waals surface area contributed by atoms with Crippen molar-refractivity contribution in [3.63, 3.8) is 0 Å². The van der Waals surface area contributed by atoms with Gasteiger partial charge in [-0.05, 0) is 69.7 Å². The molecule has 0 aromatic rings. The molecule has 0 aromatic heterocycles. The van der Waals surface area contributed by atoms with Gasteiger partial charge in [0.2, 0.25) is 0 Å². The van der Waals surface area contributed by atoms with Crippen molar-refractivity contribution in [2.75, 3.05) is 38.2 Å². The number of nitrogens with zero attached hydrogens (tertiary/aromatic N) is 1. The molecule has 3 heteroatoms. The molecule has 0 saturated carbocycles. The van der Waals surface area contributed by atoms with Crippen molar-refractivity contribution in [1.29, 1.82) is 0 Å². The summed E-state index contributed by atoms with van der Waals surface area (Å²) in [5.41, 5.74) is 0. The SMILES string of the molecule is CSCCCN1CCCC(C2CCCN2)C1. The molecule has 94 valence electrons. The first-order valence-electron chi connectivity index (χ1n) is 6.85. The van der Waals surface area contributed by atoms with Crippen molar-refractivity contribution in [1.82, 2.24) is 10.2 Å². The van der Waals surface area contributed by atoms with E-state index >= 15 is 0 Å². The zero-order valence-corrected chi connectivity index (χ0v) is 11.4. The molecular formula is C13H26N2S. The normalized spacial score (nSPS) is 32.1. The van der Waals surface area contributed by atoms with Gasteiger partial charge in [0.1, 0.15) is 0 Å². The van der Waals surface area contributed by atoms with Gasteiger partial charge in [0, 0.05) is 12.6 Å². The molecule has 2 aliphatic rings. The van der Waals surface area contributed by atoms with Gasteiger partial charge in [-0.1, -0.05) is 0 Å². The molecule has 2 atom stereocenters. The molecule has 2 aliphatic heterocycles. The summed E-state index contributed by atoms with van der Waals surface area (Å²) in [5, 5.41) is 3.68. The van der Waals surface area contributed by atoms with E-state index in [2.05, 4.69) is 16.5 Å². The van der Waals surface area contributed by atoms with Crippen LogP contribution in [0.2, 0.25) is 0 Å². The molecule has 1 N–H and O–H groups in total. The third-order valence-electron chi connectivity index (χ3n) is 4.03. The zero-order valence-electron chi connectivity index (χ0n) is 10.6. The van der Waals surface area contributed by atoms with E-state index < -0.39 is 0 Å². The zero-order chi connectivity index (χ0) is 11.2. The van der Waals surface area contributed by atoms with Crippen LogP contribution < -0.4 is 5.32 Å². The Morgan fingerprint density at radius 3 is 3.00 bits per heavy atom. The average molecular weight is 242 g/mol. The highest BCUT2D eigenvalue weighted by Gasteiger charge is 2.28. The summed E-state index contributed by atoms with van der Waals surface area (Å²) in [6, 6.07) is 0.836. The van der Waals surface area contributed by atoms with Crippen molar-refractivity contribution >= 4 is 11.8 Å². The molecule has 2 nitrogen and oxygen atoms in total. The quantitative estimate of drug-likeness (QED) is 0.744. The van der Waals surface area contributed by atoms with E-state index in [-0.39, 0.29) is 0 Å². The van der Waals surface area contributed by atoms with Crippen molar-refractivity contribution < 1.29 is 0 Å². The standard InChI is InChI=1S/C13H26N2S/c1-16-10-4-9-15-8-3-5-12(11-15)13-6-2-7-14-13/h12-14H,2-11H2,1H3. The third-order valence-corrected chi connectivity index (χ3v) is 4.73. The van der Waals surface area contributed by atoms with Gasteiger partial charge in [0.25, 0.3) is 0 Å². The number of likely N-dealkylation sites (tertiary alicyclic amines) is 1. The van der Waals surface area contributed by atoms with Crippen molar-refractivity contribution in [2.45, 2.75) is 38.1 Å². The molecule has 2 fully saturated rings. The number of thioether (sulfide) groups is 1. The lowest BCUT2D eigenvalue weighted by Crippen LogP contribution is -2.43. The lowest BCUT2D eigenvalue weighted by atomic mass is 9.90. The van der Waals surface area contributed by atoms with Crippen molar-refractivity contribution in [3.05, 3.63) is 0 Å². The van der Waals surface area contributed by atoms with Crippen LogP contribution in [0.25, 0.3) is 0 Å². The Labute approximate surface area is 105 Å². The van der Waals surface area contributed by atoms with Crippen LogP contribution in [0, 0.1) is 5.92 Å². The van der Waals surface area contributed by atoms with E-state index in [1.807, 2.05) is 11.8 Å². The Balaban J connectivity index is 1.70. The Hall–Kier alpha value is 0.270. The fourth-order valence-corrected chi connectivity index (χ4v) is 3.59. The van der Waals surface area contributed by atoms with Gasteiger partial charge in [0.05, 0.1) is 0 Å². The van der Waals surface area contributed by atoms with Crippen LogP contribution in [0.3, 0.4) is 0 Å². The van der Waals surface area contributed by atoms with E-state index in [1.165, 1.54) is 64.0 Å². The minimum absolute atomic E-state index is 0.836. The number of piperidine rings is 1. The Kier molecular flexibility index (Phi) is 5.46. The summed E-state index contributed by atoms with van der Waals surface area (Å²) in [7, 11) is 0. The molecule has 0 radical (unpaired) electrons. The summed E-state index contributed by atoms with van der Waals surface area (Å²) in [4.78, 5) is 2.70. The fourth-order valence-electron chi connectivity index (χ4n) is 3.17. The predicted molar refractivity (Wildman–Crippen MR) is 73.2 cm³/mol. The molecule has 0 bridgehead atoms. The molecular weight excluding hydrogens is 216 g/mol. The molecule has 0 aromatic carbocycles. The van der Waals surface area contributed by atoms with Gasteiger partial charge < -0.3 is 10.2 Å². The molecule has 16 heavy (non-hydrogen) atoms. The second-order valence-corrected chi connectivity index (χ2v) is 6.24. The summed E-state index contributed by atoms with van der Waals surface area (Å²) in [6.45, 7) is 5.28. The topological polar surface area (TPSA) is 15.3 Å². The molecule has 2 rings (SSSR count). The van der Waals surface area contributed by atoms with Gasteiger partial charge in [-0.2, -0.15) is 11.8 Å². The van der Waals surface area contributed by atoms with Crippen LogP contribution in [-0.4, -0.2) is 49.1 Å². The monoisotopic (exact) mass is 242 g/mol. The lowest BCUT2D eigenvalue weighted by Gasteiger charge is -2.35. The maximum absolute atomic E-state index is 3.68. The number of nitrogens with one attached hydrogen (secondary N) is 1. The molecule has 0 amide bonds. The summed E-state index contributed by atoms with van der Waals surface area (Å²) in [5.74, 6) is 2.26. The minimum Gasteiger partial charge on any atom is -0.314 e. The van der Waals surface area contributed by atoms with E-state index in [9.17, 15) is 0 Å². The van der Waals surface area contributed by atoms with Crippen LogP contribution in [0.4, 0.5) is 0 Å². The number of rotatable bonds is 5. The van der Waals surface area contributed by atoms with E-state index in [4.69, 9.17) is 0 Å². The second-order valence-electron chi connectivity index (χ2n) is 5.25. The Bertz CT molecular complexity index is 192. The molecule has 0 aliphatic carbocycles. The number of hydrogen-bond acceptors (Lipinski definition) is 3. The Morgan fingerprint density at radius 1 is 1.31 bits per heavy atom. The number of hydrogen-bond donors (Lipinski definition) is 1. The van der Waals surface area contributed by atoms with Crippen LogP contribution in [-0.2, 0) is 0 Å². The van der Waals surface area contributed by atoms with Crippen LogP contribution in [0.15, 0.2) is 0 Å². The maximum Gasteiger partial charge on any atom is 0.0108 e. The average Bonchev–Trinajstić information content (AvgIpc) is 2.83. The van der Waals surface area contributed by atoms with E-state index in [0.29, 0.717) is 0 Å². The van der Waals surface area contributed by atoms with E-state index in [0.717, 1.165) is 12.0 Å². The summed E-state index contributed by atoms with van der Waals surface area (Å²) < 4.78 is 0. The first-order chi connectivity index (χ1) is 7.90. The van der Waals surface area contributed by atoms with Gasteiger partial charge >= 0.3 is 0 Å². The second kappa shape index (κ2) is 6.87. The van der Waals surface area contributed by atoms with E-state index in [1.54, 1.807) is 0 Å². The summed E-state index contributed by atoms with van der Waals surface area (Å²) in [6.07, 6.45) is 9.27. The first-order valence-corrected chi connectivity index (χ1v) is 8.24. The smallest absolute Gasteiger partial charge is 0.0108 e. The third kappa shape index (κ3) is 3.64. The fraction of sp³-hybridized carbons (Fsp3) is 1.00. The van der Waals surface area contributed by atoms with Gasteiger partial charge in [-0.3, -0.25) is 0 Å². The molecule has 2 unspecified atom stereocenters. The largest absolute Gasteiger partial charge is 0.314 e. The van der Waals surface area contributed by atoms with Gasteiger partial charge in [-0.15, -0.1) is 0 Å². The highest BCUT2D eigenvalue weighted by atomic mass is 32.2. The Morgan fingerprint density at radius 2 is 2.25 bits per heavy atom. The van der Waals surface area contributed by atoms with Crippen LogP contribution in [0.5, 0.6) is 0 Å². The van der Waals surface area contributed by atoms with Gasteiger partial charge in [-0.25, -0.2) is 0 Å². The first kappa shape index (κ1) is 12.7. The highest BCUT2D eigenvalue weighted by molar-refractivity contribution is 7.98.